The Bertz CT molecular complexity index is 502. The monoisotopic (exact) mass is 278 g/mol. The van der Waals surface area contributed by atoms with Crippen molar-refractivity contribution in [3.8, 4) is 0 Å². The summed E-state index contributed by atoms with van der Waals surface area (Å²) in [6, 6.07) is 2.60. The standard InChI is InChI=1S/C14H15ClN2S/c15-5-1-6-17-14-8-11(13-4-7-18-10-13)2-3-12(14)9-16-17/h2-4,7,9-10,14H,1,5-6,8H2. The van der Waals surface area contributed by atoms with Crippen molar-refractivity contribution in [3.05, 3.63) is 40.1 Å². The van der Waals surface area contributed by atoms with Crippen molar-refractivity contribution in [1.82, 2.24) is 5.01 Å². The normalized spacial score (nSPS) is 21.8. The maximum Gasteiger partial charge on any atom is 0.0775 e. The van der Waals surface area contributed by atoms with E-state index in [1.807, 2.05) is 6.21 Å². The Morgan fingerprint density at radius 3 is 3.17 bits per heavy atom. The molecule has 0 aromatic carbocycles. The molecule has 2 nitrogen and oxygen atoms in total. The van der Waals surface area contributed by atoms with Crippen molar-refractivity contribution in [3.63, 3.8) is 0 Å². The van der Waals surface area contributed by atoms with E-state index < -0.39 is 0 Å². The zero-order valence-corrected chi connectivity index (χ0v) is 11.6. The lowest BCUT2D eigenvalue weighted by atomic mass is 9.91. The molecular formula is C14H15ClN2S. The predicted octanol–water partition coefficient (Wildman–Crippen LogP) is 3.76. The van der Waals surface area contributed by atoms with E-state index in [0.29, 0.717) is 11.9 Å². The quantitative estimate of drug-likeness (QED) is 0.766. The van der Waals surface area contributed by atoms with E-state index in [1.165, 1.54) is 16.7 Å². The summed E-state index contributed by atoms with van der Waals surface area (Å²) >= 11 is 7.51. The molecule has 0 fully saturated rings. The largest absolute Gasteiger partial charge is 0.289 e. The van der Waals surface area contributed by atoms with Crippen LogP contribution in [0, 0.1) is 0 Å². The van der Waals surface area contributed by atoms with Gasteiger partial charge < -0.3 is 0 Å². The molecule has 1 aliphatic heterocycles. The minimum Gasteiger partial charge on any atom is -0.289 e. The lowest BCUT2D eigenvalue weighted by Crippen LogP contribution is -2.30. The van der Waals surface area contributed by atoms with Crippen molar-refractivity contribution in [1.29, 1.82) is 0 Å². The predicted molar refractivity (Wildman–Crippen MR) is 79.3 cm³/mol. The summed E-state index contributed by atoms with van der Waals surface area (Å²) in [7, 11) is 0. The molecule has 18 heavy (non-hydrogen) atoms. The molecule has 0 bridgehead atoms. The molecule has 1 atom stereocenters. The molecule has 0 amide bonds. The van der Waals surface area contributed by atoms with Crippen LogP contribution in [0.3, 0.4) is 0 Å². The van der Waals surface area contributed by atoms with Crippen LogP contribution < -0.4 is 0 Å². The third kappa shape index (κ3) is 2.25. The van der Waals surface area contributed by atoms with Gasteiger partial charge in [-0.2, -0.15) is 16.4 Å². The van der Waals surface area contributed by atoms with Crippen LogP contribution in [-0.4, -0.2) is 29.7 Å². The SMILES string of the molecule is ClCCCN1N=CC2=CC=C(c3ccsc3)CC21. The van der Waals surface area contributed by atoms with Crippen LogP contribution in [0.2, 0.25) is 0 Å². The van der Waals surface area contributed by atoms with Crippen LogP contribution in [0.4, 0.5) is 0 Å². The maximum absolute atomic E-state index is 5.76. The first-order valence-electron chi connectivity index (χ1n) is 6.18. The van der Waals surface area contributed by atoms with Crippen LogP contribution in [0.1, 0.15) is 18.4 Å². The van der Waals surface area contributed by atoms with Gasteiger partial charge in [0.1, 0.15) is 0 Å². The summed E-state index contributed by atoms with van der Waals surface area (Å²) in [4.78, 5) is 0. The Labute approximate surface area is 116 Å². The van der Waals surface area contributed by atoms with Crippen LogP contribution in [0.25, 0.3) is 5.57 Å². The highest BCUT2D eigenvalue weighted by Crippen LogP contribution is 2.33. The third-order valence-corrected chi connectivity index (χ3v) is 4.35. The zero-order chi connectivity index (χ0) is 12.4. The van der Waals surface area contributed by atoms with Gasteiger partial charge in [-0.05, 0) is 46.4 Å². The van der Waals surface area contributed by atoms with Gasteiger partial charge in [-0.1, -0.05) is 12.2 Å². The summed E-state index contributed by atoms with van der Waals surface area (Å²) < 4.78 is 0. The molecule has 1 aromatic heterocycles. The van der Waals surface area contributed by atoms with Gasteiger partial charge in [0, 0.05) is 12.4 Å². The number of allylic oxidation sites excluding steroid dienone is 2. The molecule has 0 saturated carbocycles. The van der Waals surface area contributed by atoms with Crippen molar-refractivity contribution in [2.45, 2.75) is 18.9 Å². The molecule has 0 spiro atoms. The summed E-state index contributed by atoms with van der Waals surface area (Å²) in [6.45, 7) is 0.943. The molecule has 2 aliphatic rings. The number of thiophene rings is 1. The van der Waals surface area contributed by atoms with Crippen molar-refractivity contribution in [2.24, 2.45) is 5.10 Å². The van der Waals surface area contributed by atoms with Crippen molar-refractivity contribution >= 4 is 34.7 Å². The van der Waals surface area contributed by atoms with Gasteiger partial charge >= 0.3 is 0 Å². The Hall–Kier alpha value is -1.06. The Morgan fingerprint density at radius 2 is 2.39 bits per heavy atom. The molecule has 3 rings (SSSR count). The number of hydrogen-bond donors (Lipinski definition) is 0. The minimum atomic E-state index is 0.410. The second kappa shape index (κ2) is 5.29. The third-order valence-electron chi connectivity index (χ3n) is 3.40. The molecule has 0 radical (unpaired) electrons. The van der Waals surface area contributed by atoms with Gasteiger partial charge in [-0.25, -0.2) is 0 Å². The molecule has 2 heterocycles. The van der Waals surface area contributed by atoms with Gasteiger partial charge in [0.25, 0.3) is 0 Å². The number of halogens is 1. The summed E-state index contributed by atoms with van der Waals surface area (Å²) in [5.74, 6) is 0.699. The van der Waals surface area contributed by atoms with Gasteiger partial charge in [0.05, 0.1) is 12.3 Å². The lowest BCUT2D eigenvalue weighted by Gasteiger charge is -2.27. The summed E-state index contributed by atoms with van der Waals surface area (Å²) in [6.07, 6.45) is 8.45. The summed E-state index contributed by atoms with van der Waals surface area (Å²) in [5.41, 5.74) is 4.08. The van der Waals surface area contributed by atoms with Crippen LogP contribution >= 0.6 is 22.9 Å². The van der Waals surface area contributed by atoms with E-state index in [1.54, 1.807) is 11.3 Å². The van der Waals surface area contributed by atoms with E-state index in [9.17, 15) is 0 Å². The number of alkyl halides is 1. The molecule has 94 valence electrons. The molecule has 4 heteroatoms. The fraction of sp³-hybridized carbons (Fsp3) is 0.357. The van der Waals surface area contributed by atoms with E-state index in [2.05, 4.69) is 39.1 Å². The second-order valence-corrected chi connectivity index (χ2v) is 5.70. The van der Waals surface area contributed by atoms with Gasteiger partial charge in [0.15, 0.2) is 0 Å². The van der Waals surface area contributed by atoms with Gasteiger partial charge in [-0.3, -0.25) is 5.01 Å². The van der Waals surface area contributed by atoms with E-state index in [-0.39, 0.29) is 0 Å². The lowest BCUT2D eigenvalue weighted by molar-refractivity contribution is 0.254. The fourth-order valence-corrected chi connectivity index (χ4v) is 3.23. The van der Waals surface area contributed by atoms with Crippen LogP contribution in [-0.2, 0) is 0 Å². The number of nitrogens with zero attached hydrogens (tertiary/aromatic N) is 2. The van der Waals surface area contributed by atoms with Gasteiger partial charge in [-0.15, -0.1) is 11.6 Å². The first kappa shape index (κ1) is 12.0. The number of hydrazone groups is 1. The topological polar surface area (TPSA) is 15.6 Å². The summed E-state index contributed by atoms with van der Waals surface area (Å²) in [5, 5.41) is 11.0. The zero-order valence-electron chi connectivity index (χ0n) is 10.1. The average Bonchev–Trinajstić information content (AvgIpc) is 3.05. The number of rotatable bonds is 4. The van der Waals surface area contributed by atoms with E-state index >= 15 is 0 Å². The van der Waals surface area contributed by atoms with Crippen molar-refractivity contribution in [2.75, 3.05) is 12.4 Å². The van der Waals surface area contributed by atoms with Crippen molar-refractivity contribution < 1.29 is 0 Å². The molecule has 1 aromatic rings. The minimum absolute atomic E-state index is 0.410. The molecule has 1 unspecified atom stereocenters. The Balaban J connectivity index is 1.76. The molecule has 0 saturated heterocycles. The maximum atomic E-state index is 5.76. The molecular weight excluding hydrogens is 264 g/mol. The van der Waals surface area contributed by atoms with E-state index in [0.717, 1.165) is 19.4 Å². The second-order valence-electron chi connectivity index (χ2n) is 4.54. The van der Waals surface area contributed by atoms with E-state index in [4.69, 9.17) is 11.6 Å². The number of fused-ring (bicyclic) bond motifs is 1. The smallest absolute Gasteiger partial charge is 0.0775 e. The highest BCUT2D eigenvalue weighted by atomic mass is 35.5. The Morgan fingerprint density at radius 1 is 1.44 bits per heavy atom. The Kier molecular flexibility index (Phi) is 3.52. The molecule has 0 N–H and O–H groups in total. The number of hydrogen-bond acceptors (Lipinski definition) is 3. The fourth-order valence-electron chi connectivity index (χ4n) is 2.43. The first-order chi connectivity index (χ1) is 8.88. The first-order valence-corrected chi connectivity index (χ1v) is 7.66. The van der Waals surface area contributed by atoms with Crippen LogP contribution in [0.5, 0.6) is 0 Å². The van der Waals surface area contributed by atoms with Gasteiger partial charge in [0.2, 0.25) is 0 Å². The average molecular weight is 279 g/mol. The highest BCUT2D eigenvalue weighted by molar-refractivity contribution is 7.08. The highest BCUT2D eigenvalue weighted by Gasteiger charge is 2.28. The van der Waals surface area contributed by atoms with Crippen LogP contribution in [0.15, 0.2) is 39.7 Å². The molecule has 1 aliphatic carbocycles.